The van der Waals surface area contributed by atoms with E-state index in [0.717, 1.165) is 11.3 Å². The second-order valence-corrected chi connectivity index (χ2v) is 3.85. The molecule has 1 unspecified atom stereocenters. The molecule has 1 aliphatic heterocycles. The van der Waals surface area contributed by atoms with Gasteiger partial charge in [0.05, 0.1) is 5.56 Å². The largest absolute Gasteiger partial charge is 0.507 e. The van der Waals surface area contributed by atoms with Crippen LogP contribution >= 0.6 is 0 Å². The average Bonchev–Trinajstić information content (AvgIpc) is 2.39. The van der Waals surface area contributed by atoms with E-state index in [9.17, 15) is 5.11 Å². The number of phenolic OH excluding ortho intramolecular Hbond substituents is 1. The van der Waals surface area contributed by atoms with Crippen molar-refractivity contribution in [3.63, 3.8) is 0 Å². The highest BCUT2D eigenvalue weighted by molar-refractivity contribution is 5.84. The van der Waals surface area contributed by atoms with Crippen LogP contribution in [0.5, 0.6) is 11.5 Å². The van der Waals surface area contributed by atoms with Crippen molar-refractivity contribution in [1.82, 2.24) is 0 Å². The molecular formula is C14H11NO2. The number of aromatic hydroxyl groups is 1. The van der Waals surface area contributed by atoms with Crippen LogP contribution in [0.4, 0.5) is 0 Å². The van der Waals surface area contributed by atoms with Gasteiger partial charge in [0.25, 0.3) is 0 Å². The lowest BCUT2D eigenvalue weighted by Crippen LogP contribution is -2.11. The Bertz CT molecular complexity index is 578. The molecule has 0 fully saturated rings. The second-order valence-electron chi connectivity index (χ2n) is 3.85. The molecule has 0 aliphatic carbocycles. The van der Waals surface area contributed by atoms with Gasteiger partial charge in [-0.05, 0) is 24.3 Å². The molecular weight excluding hydrogens is 214 g/mol. The SMILES string of the molecule is Oc1ccccc1C1N=Cc2ccccc2O1. The third kappa shape index (κ3) is 1.76. The van der Waals surface area contributed by atoms with E-state index < -0.39 is 6.23 Å². The molecule has 2 aromatic rings. The maximum absolute atomic E-state index is 9.76. The van der Waals surface area contributed by atoms with Crippen molar-refractivity contribution in [2.24, 2.45) is 4.99 Å². The summed E-state index contributed by atoms with van der Waals surface area (Å²) in [5.41, 5.74) is 1.64. The smallest absolute Gasteiger partial charge is 0.219 e. The Kier molecular flexibility index (Phi) is 2.29. The van der Waals surface area contributed by atoms with Gasteiger partial charge in [-0.2, -0.15) is 0 Å². The van der Waals surface area contributed by atoms with Crippen molar-refractivity contribution in [2.75, 3.05) is 0 Å². The first-order chi connectivity index (χ1) is 8.34. The molecule has 3 nitrogen and oxygen atoms in total. The molecule has 3 heteroatoms. The van der Waals surface area contributed by atoms with Crippen molar-refractivity contribution in [2.45, 2.75) is 6.23 Å². The van der Waals surface area contributed by atoms with Gasteiger partial charge in [-0.1, -0.05) is 24.3 Å². The Labute approximate surface area is 99.0 Å². The highest BCUT2D eigenvalue weighted by Gasteiger charge is 2.19. The molecule has 84 valence electrons. The van der Waals surface area contributed by atoms with Crippen molar-refractivity contribution in [3.05, 3.63) is 59.7 Å². The fourth-order valence-electron chi connectivity index (χ4n) is 1.83. The van der Waals surface area contributed by atoms with Gasteiger partial charge in [-0.25, -0.2) is 4.99 Å². The van der Waals surface area contributed by atoms with Crippen LogP contribution in [0.3, 0.4) is 0 Å². The molecule has 3 rings (SSSR count). The molecule has 0 bridgehead atoms. The van der Waals surface area contributed by atoms with Gasteiger partial charge < -0.3 is 9.84 Å². The molecule has 1 heterocycles. The number of fused-ring (bicyclic) bond motifs is 1. The zero-order valence-electron chi connectivity index (χ0n) is 9.08. The fourth-order valence-corrected chi connectivity index (χ4v) is 1.83. The number of benzene rings is 2. The third-order valence-electron chi connectivity index (χ3n) is 2.71. The van der Waals surface area contributed by atoms with Gasteiger partial charge in [0.15, 0.2) is 0 Å². The quantitative estimate of drug-likeness (QED) is 0.810. The normalized spacial score (nSPS) is 17.3. The molecule has 1 N–H and O–H groups in total. The summed E-state index contributed by atoms with van der Waals surface area (Å²) in [7, 11) is 0. The van der Waals surface area contributed by atoms with Crippen molar-refractivity contribution in [3.8, 4) is 11.5 Å². The summed E-state index contributed by atoms with van der Waals surface area (Å²) in [6.07, 6.45) is 1.31. The van der Waals surface area contributed by atoms with Gasteiger partial charge >= 0.3 is 0 Å². The molecule has 0 amide bonds. The van der Waals surface area contributed by atoms with Crippen LogP contribution in [0.25, 0.3) is 0 Å². The van der Waals surface area contributed by atoms with E-state index in [1.54, 1.807) is 18.3 Å². The van der Waals surface area contributed by atoms with Gasteiger partial charge in [-0.15, -0.1) is 0 Å². The zero-order chi connectivity index (χ0) is 11.7. The number of nitrogens with zero attached hydrogens (tertiary/aromatic N) is 1. The van der Waals surface area contributed by atoms with E-state index in [2.05, 4.69) is 4.99 Å². The molecule has 0 aromatic heterocycles. The van der Waals surface area contributed by atoms with E-state index in [1.807, 2.05) is 36.4 Å². The van der Waals surface area contributed by atoms with Gasteiger partial charge in [0.1, 0.15) is 11.5 Å². The summed E-state index contributed by atoms with van der Waals surface area (Å²) < 4.78 is 5.74. The average molecular weight is 225 g/mol. The number of para-hydroxylation sites is 2. The third-order valence-corrected chi connectivity index (χ3v) is 2.71. The highest BCUT2D eigenvalue weighted by Crippen LogP contribution is 2.33. The molecule has 2 aromatic carbocycles. The molecule has 0 saturated carbocycles. The number of hydrogen-bond acceptors (Lipinski definition) is 3. The van der Waals surface area contributed by atoms with Crippen LogP contribution in [0.2, 0.25) is 0 Å². The summed E-state index contributed by atoms with van der Waals surface area (Å²) in [5.74, 6) is 0.991. The Morgan fingerprint density at radius 2 is 1.76 bits per heavy atom. The van der Waals surface area contributed by atoms with Gasteiger partial charge in [0.2, 0.25) is 6.23 Å². The predicted octanol–water partition coefficient (Wildman–Crippen LogP) is 2.90. The lowest BCUT2D eigenvalue weighted by Gasteiger charge is -2.21. The summed E-state index contributed by atoms with van der Waals surface area (Å²) in [6, 6.07) is 14.8. The maximum atomic E-state index is 9.76. The first kappa shape index (κ1) is 9.90. The zero-order valence-corrected chi connectivity index (χ0v) is 9.08. The number of rotatable bonds is 1. The van der Waals surface area contributed by atoms with Crippen LogP contribution in [-0.4, -0.2) is 11.3 Å². The molecule has 1 aliphatic rings. The standard InChI is InChI=1S/C14H11NO2/c16-12-7-3-2-6-11(12)14-15-9-10-5-1-4-8-13(10)17-14/h1-9,14,16H. The van der Waals surface area contributed by atoms with E-state index >= 15 is 0 Å². The van der Waals surface area contributed by atoms with E-state index in [-0.39, 0.29) is 5.75 Å². The van der Waals surface area contributed by atoms with Crippen LogP contribution in [-0.2, 0) is 0 Å². The molecule has 17 heavy (non-hydrogen) atoms. The van der Waals surface area contributed by atoms with E-state index in [1.165, 1.54) is 0 Å². The number of phenols is 1. The molecule has 0 radical (unpaired) electrons. The summed E-state index contributed by atoms with van der Waals surface area (Å²) in [5, 5.41) is 9.76. The van der Waals surface area contributed by atoms with Crippen molar-refractivity contribution >= 4 is 6.21 Å². The molecule has 0 saturated heterocycles. The minimum atomic E-state index is -0.467. The van der Waals surface area contributed by atoms with E-state index in [0.29, 0.717) is 5.56 Å². The topological polar surface area (TPSA) is 41.8 Å². The van der Waals surface area contributed by atoms with Crippen LogP contribution in [0, 0.1) is 0 Å². The van der Waals surface area contributed by atoms with Crippen LogP contribution < -0.4 is 4.74 Å². The Morgan fingerprint density at radius 1 is 1.00 bits per heavy atom. The molecule has 0 spiro atoms. The Hall–Kier alpha value is -2.29. The second kappa shape index (κ2) is 3.94. The Morgan fingerprint density at radius 3 is 2.65 bits per heavy atom. The first-order valence-corrected chi connectivity index (χ1v) is 5.41. The summed E-state index contributed by atoms with van der Waals surface area (Å²) >= 11 is 0. The highest BCUT2D eigenvalue weighted by atomic mass is 16.5. The minimum Gasteiger partial charge on any atom is -0.507 e. The maximum Gasteiger partial charge on any atom is 0.219 e. The molecule has 1 atom stereocenters. The lowest BCUT2D eigenvalue weighted by atomic mass is 10.1. The predicted molar refractivity (Wildman–Crippen MR) is 65.5 cm³/mol. The lowest BCUT2D eigenvalue weighted by molar-refractivity contribution is 0.207. The first-order valence-electron chi connectivity index (χ1n) is 5.41. The van der Waals surface area contributed by atoms with Crippen molar-refractivity contribution in [1.29, 1.82) is 0 Å². The van der Waals surface area contributed by atoms with Crippen LogP contribution in [0.15, 0.2) is 53.5 Å². The van der Waals surface area contributed by atoms with Gasteiger partial charge in [-0.3, -0.25) is 0 Å². The van der Waals surface area contributed by atoms with Gasteiger partial charge in [0, 0.05) is 11.8 Å². The number of aliphatic imine (C=N–C) groups is 1. The van der Waals surface area contributed by atoms with E-state index in [4.69, 9.17) is 4.74 Å². The minimum absolute atomic E-state index is 0.203. The number of hydrogen-bond donors (Lipinski definition) is 1. The van der Waals surface area contributed by atoms with Crippen LogP contribution in [0.1, 0.15) is 17.4 Å². The summed E-state index contributed by atoms with van der Waals surface area (Å²) in [6.45, 7) is 0. The fraction of sp³-hybridized carbons (Fsp3) is 0.0714. The summed E-state index contributed by atoms with van der Waals surface area (Å²) in [4.78, 5) is 4.29. The monoisotopic (exact) mass is 225 g/mol. The van der Waals surface area contributed by atoms with Crippen molar-refractivity contribution < 1.29 is 9.84 Å². The number of ether oxygens (including phenoxy) is 1. The Balaban J connectivity index is 1.98.